The molecule has 1 saturated heterocycles. The Morgan fingerprint density at radius 1 is 1.50 bits per heavy atom. The van der Waals surface area contributed by atoms with Crippen molar-refractivity contribution in [2.45, 2.75) is 45.6 Å². The molecule has 1 fully saturated rings. The van der Waals surface area contributed by atoms with E-state index in [9.17, 15) is 4.79 Å². The SMILES string of the molecule is CC(C)c1nncn1CCNC(=O)CCC1CCNC1.Cl.Cl. The highest BCUT2D eigenvalue weighted by molar-refractivity contribution is 5.85. The molecule has 0 saturated carbocycles. The Balaban J connectivity index is 0.00000220. The van der Waals surface area contributed by atoms with E-state index in [4.69, 9.17) is 0 Å². The van der Waals surface area contributed by atoms with Gasteiger partial charge in [-0.2, -0.15) is 0 Å². The Morgan fingerprint density at radius 2 is 2.27 bits per heavy atom. The molecule has 0 aliphatic carbocycles. The van der Waals surface area contributed by atoms with Crippen molar-refractivity contribution in [3.8, 4) is 0 Å². The minimum absolute atomic E-state index is 0. The third-order valence-electron chi connectivity index (χ3n) is 3.78. The fourth-order valence-corrected chi connectivity index (χ4v) is 2.58. The fraction of sp³-hybridized carbons (Fsp3) is 0.786. The monoisotopic (exact) mass is 351 g/mol. The van der Waals surface area contributed by atoms with Crippen LogP contribution in [-0.2, 0) is 11.3 Å². The van der Waals surface area contributed by atoms with E-state index < -0.39 is 0 Å². The Kier molecular flexibility index (Phi) is 10.4. The highest BCUT2D eigenvalue weighted by Gasteiger charge is 2.15. The van der Waals surface area contributed by atoms with Crippen LogP contribution in [-0.4, -0.2) is 40.3 Å². The molecule has 1 atom stereocenters. The van der Waals surface area contributed by atoms with Gasteiger partial charge in [0, 0.05) is 25.4 Å². The van der Waals surface area contributed by atoms with Crippen molar-refractivity contribution in [2.75, 3.05) is 19.6 Å². The molecule has 8 heteroatoms. The van der Waals surface area contributed by atoms with Crippen molar-refractivity contribution >= 4 is 30.7 Å². The van der Waals surface area contributed by atoms with Gasteiger partial charge in [0.2, 0.25) is 5.91 Å². The lowest BCUT2D eigenvalue weighted by Gasteiger charge is -2.11. The molecule has 6 nitrogen and oxygen atoms in total. The molecule has 0 radical (unpaired) electrons. The van der Waals surface area contributed by atoms with Crippen LogP contribution in [0.5, 0.6) is 0 Å². The molecule has 0 aromatic carbocycles. The minimum atomic E-state index is 0. The third kappa shape index (κ3) is 6.50. The van der Waals surface area contributed by atoms with Gasteiger partial charge in [-0.3, -0.25) is 4.79 Å². The van der Waals surface area contributed by atoms with Crippen LogP contribution < -0.4 is 10.6 Å². The van der Waals surface area contributed by atoms with E-state index in [2.05, 4.69) is 34.7 Å². The Labute approximate surface area is 144 Å². The summed E-state index contributed by atoms with van der Waals surface area (Å²) in [5, 5.41) is 14.3. The zero-order valence-electron chi connectivity index (χ0n) is 13.2. The predicted molar refractivity (Wildman–Crippen MR) is 91.8 cm³/mol. The summed E-state index contributed by atoms with van der Waals surface area (Å²) in [5.74, 6) is 2.14. The van der Waals surface area contributed by atoms with Crippen LogP contribution in [0.25, 0.3) is 0 Å². The number of nitrogens with one attached hydrogen (secondary N) is 2. The zero-order chi connectivity index (χ0) is 14.4. The van der Waals surface area contributed by atoms with Crippen LogP contribution in [0, 0.1) is 5.92 Å². The summed E-state index contributed by atoms with van der Waals surface area (Å²) in [7, 11) is 0. The lowest BCUT2D eigenvalue weighted by atomic mass is 10.0. The van der Waals surface area contributed by atoms with Gasteiger partial charge in [0.05, 0.1) is 0 Å². The van der Waals surface area contributed by atoms with Crippen LogP contribution >= 0.6 is 24.8 Å². The lowest BCUT2D eigenvalue weighted by molar-refractivity contribution is -0.121. The summed E-state index contributed by atoms with van der Waals surface area (Å²) in [6.45, 7) is 7.71. The first-order valence-corrected chi connectivity index (χ1v) is 7.52. The number of hydrogen-bond acceptors (Lipinski definition) is 4. The molecule has 0 bridgehead atoms. The summed E-state index contributed by atoms with van der Waals surface area (Å²) in [6, 6.07) is 0. The topological polar surface area (TPSA) is 71.8 Å². The average Bonchev–Trinajstić information content (AvgIpc) is 3.07. The summed E-state index contributed by atoms with van der Waals surface area (Å²) in [5.41, 5.74) is 0. The van der Waals surface area contributed by atoms with Crippen molar-refractivity contribution in [1.82, 2.24) is 25.4 Å². The molecule has 1 aliphatic rings. The largest absolute Gasteiger partial charge is 0.354 e. The van der Waals surface area contributed by atoms with Gasteiger partial charge < -0.3 is 15.2 Å². The Bertz CT molecular complexity index is 433. The molecule has 2 heterocycles. The van der Waals surface area contributed by atoms with Gasteiger partial charge >= 0.3 is 0 Å². The molecule has 1 aliphatic heterocycles. The van der Waals surface area contributed by atoms with Gasteiger partial charge in [0.25, 0.3) is 0 Å². The number of halogens is 2. The summed E-state index contributed by atoms with van der Waals surface area (Å²) < 4.78 is 2.01. The second-order valence-corrected chi connectivity index (χ2v) is 5.78. The van der Waals surface area contributed by atoms with Crippen molar-refractivity contribution in [1.29, 1.82) is 0 Å². The van der Waals surface area contributed by atoms with Crippen molar-refractivity contribution < 1.29 is 4.79 Å². The molecule has 1 aromatic rings. The van der Waals surface area contributed by atoms with E-state index in [1.165, 1.54) is 6.42 Å². The molecule has 0 spiro atoms. The van der Waals surface area contributed by atoms with Crippen molar-refractivity contribution in [2.24, 2.45) is 5.92 Å². The van der Waals surface area contributed by atoms with Gasteiger partial charge in [-0.1, -0.05) is 13.8 Å². The first-order valence-electron chi connectivity index (χ1n) is 7.52. The minimum Gasteiger partial charge on any atom is -0.354 e. The number of carbonyl (C=O) groups excluding carboxylic acids is 1. The maximum atomic E-state index is 11.8. The molecule has 1 unspecified atom stereocenters. The standard InChI is InChI=1S/C14H25N5O.2ClH/c1-11(2)14-18-17-10-19(14)8-7-16-13(20)4-3-12-5-6-15-9-12;;/h10-12,15H,3-9H2,1-2H3,(H,16,20);2*1H. The number of carbonyl (C=O) groups is 1. The van der Waals surface area contributed by atoms with E-state index in [0.717, 1.165) is 31.9 Å². The molecule has 1 amide bonds. The Morgan fingerprint density at radius 3 is 2.91 bits per heavy atom. The van der Waals surface area contributed by atoms with Crippen LogP contribution in [0.1, 0.15) is 44.9 Å². The van der Waals surface area contributed by atoms with Crippen molar-refractivity contribution in [3.63, 3.8) is 0 Å². The highest BCUT2D eigenvalue weighted by Crippen LogP contribution is 2.14. The van der Waals surface area contributed by atoms with Gasteiger partial charge in [-0.15, -0.1) is 35.0 Å². The fourth-order valence-electron chi connectivity index (χ4n) is 2.58. The summed E-state index contributed by atoms with van der Waals surface area (Å²) in [6.07, 6.45) is 4.55. The van der Waals surface area contributed by atoms with Crippen LogP contribution in [0.2, 0.25) is 0 Å². The smallest absolute Gasteiger partial charge is 0.220 e. The first-order chi connectivity index (χ1) is 9.66. The second-order valence-electron chi connectivity index (χ2n) is 5.78. The van der Waals surface area contributed by atoms with E-state index in [1.807, 2.05) is 4.57 Å². The maximum absolute atomic E-state index is 11.8. The summed E-state index contributed by atoms with van der Waals surface area (Å²) in [4.78, 5) is 11.8. The van der Waals surface area contributed by atoms with E-state index in [-0.39, 0.29) is 30.7 Å². The van der Waals surface area contributed by atoms with E-state index in [0.29, 0.717) is 24.8 Å². The summed E-state index contributed by atoms with van der Waals surface area (Å²) >= 11 is 0. The van der Waals surface area contributed by atoms with Crippen LogP contribution in [0.4, 0.5) is 0 Å². The molecule has 2 rings (SSSR count). The number of aromatic nitrogens is 3. The van der Waals surface area contributed by atoms with Gasteiger partial charge in [0.15, 0.2) is 0 Å². The quantitative estimate of drug-likeness (QED) is 0.784. The average molecular weight is 352 g/mol. The zero-order valence-corrected chi connectivity index (χ0v) is 14.9. The maximum Gasteiger partial charge on any atom is 0.220 e. The van der Waals surface area contributed by atoms with Crippen LogP contribution in [0.15, 0.2) is 6.33 Å². The predicted octanol–water partition coefficient (Wildman–Crippen LogP) is 1.75. The number of amides is 1. The third-order valence-corrected chi connectivity index (χ3v) is 3.78. The highest BCUT2D eigenvalue weighted by atomic mass is 35.5. The molecular weight excluding hydrogens is 325 g/mol. The van der Waals surface area contributed by atoms with Gasteiger partial charge in [-0.25, -0.2) is 0 Å². The normalized spacial score (nSPS) is 17.0. The molecule has 2 N–H and O–H groups in total. The van der Waals surface area contributed by atoms with E-state index >= 15 is 0 Å². The molecule has 22 heavy (non-hydrogen) atoms. The molecule has 1 aromatic heterocycles. The number of rotatable bonds is 7. The van der Waals surface area contributed by atoms with Crippen LogP contribution in [0.3, 0.4) is 0 Å². The van der Waals surface area contributed by atoms with Gasteiger partial charge in [-0.05, 0) is 31.8 Å². The first kappa shape index (κ1) is 21.1. The number of nitrogens with zero attached hydrogens (tertiary/aromatic N) is 3. The molecule has 128 valence electrons. The van der Waals surface area contributed by atoms with Crippen molar-refractivity contribution in [3.05, 3.63) is 12.2 Å². The second kappa shape index (κ2) is 10.8. The molecular formula is C14H27Cl2N5O. The Hall–Kier alpha value is -0.850. The van der Waals surface area contributed by atoms with E-state index in [1.54, 1.807) is 6.33 Å². The lowest BCUT2D eigenvalue weighted by Crippen LogP contribution is -2.28. The number of hydrogen-bond donors (Lipinski definition) is 2. The van der Waals surface area contributed by atoms with Gasteiger partial charge in [0.1, 0.15) is 12.2 Å².